The van der Waals surface area contributed by atoms with Crippen molar-refractivity contribution in [2.45, 2.75) is 38.6 Å². The van der Waals surface area contributed by atoms with Gasteiger partial charge in [-0.05, 0) is 39.0 Å². The second kappa shape index (κ2) is 7.98. The molecule has 29 heavy (non-hydrogen) atoms. The van der Waals surface area contributed by atoms with Crippen molar-refractivity contribution in [2.75, 3.05) is 38.3 Å². The molecule has 6 nitrogen and oxygen atoms in total. The van der Waals surface area contributed by atoms with E-state index in [1.807, 2.05) is 25.7 Å². The maximum atomic E-state index is 13.0. The number of methoxy groups -OCH3 is 1. The van der Waals surface area contributed by atoms with Crippen molar-refractivity contribution in [2.24, 2.45) is 0 Å². The highest BCUT2D eigenvalue weighted by molar-refractivity contribution is 7.22. The number of hydrogen-bond acceptors (Lipinski definition) is 6. The minimum Gasteiger partial charge on any atom is -0.444 e. The number of aromatic nitrogens is 1. The van der Waals surface area contributed by atoms with Gasteiger partial charge in [0.1, 0.15) is 5.60 Å². The molecule has 1 saturated heterocycles. The van der Waals surface area contributed by atoms with Crippen LogP contribution in [0.5, 0.6) is 0 Å². The number of benzene rings is 1. The second-order valence-electron chi connectivity index (χ2n) is 7.91. The molecule has 0 radical (unpaired) electrons. The number of rotatable bonds is 3. The minimum absolute atomic E-state index is 0.177. The van der Waals surface area contributed by atoms with Crippen molar-refractivity contribution in [3.8, 4) is 0 Å². The smallest absolute Gasteiger partial charge is 0.416 e. The topological polar surface area (TPSA) is 54.9 Å². The van der Waals surface area contributed by atoms with Gasteiger partial charge in [-0.2, -0.15) is 13.2 Å². The highest BCUT2D eigenvalue weighted by Gasteiger charge is 2.34. The van der Waals surface area contributed by atoms with E-state index in [2.05, 4.69) is 4.98 Å². The Labute approximate surface area is 171 Å². The van der Waals surface area contributed by atoms with E-state index in [1.54, 1.807) is 12.0 Å². The molecular formula is C19H24F3N3O3S. The minimum atomic E-state index is -4.39. The Bertz CT molecular complexity index is 879. The van der Waals surface area contributed by atoms with E-state index in [0.29, 0.717) is 41.6 Å². The first kappa shape index (κ1) is 21.6. The van der Waals surface area contributed by atoms with Gasteiger partial charge < -0.3 is 19.3 Å². The van der Waals surface area contributed by atoms with Crippen LogP contribution in [0.1, 0.15) is 26.3 Å². The molecule has 0 saturated carbocycles. The van der Waals surface area contributed by atoms with Crippen LogP contribution in [0.2, 0.25) is 0 Å². The van der Waals surface area contributed by atoms with Gasteiger partial charge in [0.25, 0.3) is 0 Å². The van der Waals surface area contributed by atoms with Gasteiger partial charge in [0, 0.05) is 26.7 Å². The maximum absolute atomic E-state index is 13.0. The number of ether oxygens (including phenoxy) is 2. The summed E-state index contributed by atoms with van der Waals surface area (Å²) in [5.41, 5.74) is -0.763. The third kappa shape index (κ3) is 5.11. The number of hydrogen-bond donors (Lipinski definition) is 0. The van der Waals surface area contributed by atoms with Crippen LogP contribution in [0.3, 0.4) is 0 Å². The van der Waals surface area contributed by atoms with Crippen molar-refractivity contribution >= 4 is 32.8 Å². The molecule has 2 aromatic rings. The molecular weight excluding hydrogens is 407 g/mol. The fourth-order valence-electron chi connectivity index (χ4n) is 3.15. The monoisotopic (exact) mass is 431 g/mol. The highest BCUT2D eigenvalue weighted by atomic mass is 32.1. The van der Waals surface area contributed by atoms with Crippen molar-refractivity contribution in [1.29, 1.82) is 0 Å². The maximum Gasteiger partial charge on any atom is 0.416 e. The van der Waals surface area contributed by atoms with Crippen molar-refractivity contribution < 1.29 is 27.4 Å². The normalized spacial score (nSPS) is 18.4. The number of halogens is 3. The molecule has 0 aliphatic carbocycles. The molecule has 160 valence electrons. The van der Waals surface area contributed by atoms with Crippen LogP contribution in [0.15, 0.2) is 18.2 Å². The predicted molar refractivity (Wildman–Crippen MR) is 105 cm³/mol. The van der Waals surface area contributed by atoms with Crippen LogP contribution < -0.4 is 4.90 Å². The van der Waals surface area contributed by atoms with E-state index >= 15 is 0 Å². The van der Waals surface area contributed by atoms with Gasteiger partial charge in [0.05, 0.1) is 28.4 Å². The van der Waals surface area contributed by atoms with Gasteiger partial charge in [-0.3, -0.25) is 0 Å². The molecule has 1 aromatic heterocycles. The largest absolute Gasteiger partial charge is 0.444 e. The number of anilines is 1. The summed E-state index contributed by atoms with van der Waals surface area (Å²) >= 11 is 1.21. The first-order valence-electron chi connectivity index (χ1n) is 9.19. The lowest BCUT2D eigenvalue weighted by molar-refractivity contribution is -0.137. The van der Waals surface area contributed by atoms with Crippen LogP contribution >= 0.6 is 11.3 Å². The molecule has 1 aliphatic rings. The molecule has 0 bridgehead atoms. The Morgan fingerprint density at radius 2 is 2.00 bits per heavy atom. The number of amides is 1. The van der Waals surface area contributed by atoms with Crippen LogP contribution in [0.25, 0.3) is 10.2 Å². The van der Waals surface area contributed by atoms with Crippen molar-refractivity contribution in [1.82, 2.24) is 9.88 Å². The van der Waals surface area contributed by atoms with Crippen LogP contribution in [-0.2, 0) is 15.7 Å². The quantitative estimate of drug-likeness (QED) is 0.722. The zero-order valence-electron chi connectivity index (χ0n) is 16.7. The van der Waals surface area contributed by atoms with Gasteiger partial charge in [-0.15, -0.1) is 0 Å². The van der Waals surface area contributed by atoms with E-state index in [4.69, 9.17) is 9.47 Å². The van der Waals surface area contributed by atoms with Gasteiger partial charge in [0.15, 0.2) is 5.13 Å². The number of alkyl halides is 3. The lowest BCUT2D eigenvalue weighted by Crippen LogP contribution is -2.57. The number of fused-ring (bicyclic) bond motifs is 1. The lowest BCUT2D eigenvalue weighted by atomic mass is 10.2. The van der Waals surface area contributed by atoms with E-state index in [0.717, 1.165) is 12.1 Å². The Kier molecular flexibility index (Phi) is 5.96. The molecule has 0 N–H and O–H groups in total. The molecule has 10 heteroatoms. The first-order valence-corrected chi connectivity index (χ1v) is 10.0. The zero-order valence-corrected chi connectivity index (χ0v) is 17.6. The molecule has 2 heterocycles. The average Bonchev–Trinajstić information content (AvgIpc) is 3.02. The molecule has 3 rings (SSSR count). The predicted octanol–water partition coefficient (Wildman–Crippen LogP) is 4.39. The fourth-order valence-corrected chi connectivity index (χ4v) is 4.25. The third-order valence-corrected chi connectivity index (χ3v) is 5.50. The van der Waals surface area contributed by atoms with E-state index in [1.165, 1.54) is 17.4 Å². The number of carbonyl (C=O) groups is 1. The molecule has 1 aromatic carbocycles. The number of carbonyl (C=O) groups excluding carboxylic acids is 1. The van der Waals surface area contributed by atoms with Crippen LogP contribution in [0, 0.1) is 0 Å². The van der Waals surface area contributed by atoms with Gasteiger partial charge >= 0.3 is 12.3 Å². The van der Waals surface area contributed by atoms with E-state index < -0.39 is 23.4 Å². The van der Waals surface area contributed by atoms with Gasteiger partial charge in [-0.25, -0.2) is 9.78 Å². The summed E-state index contributed by atoms with van der Waals surface area (Å²) < 4.78 is 50.2. The SMILES string of the molecule is COCC1CN(C(=O)OC(C)(C)C)CCN1c1nc2ccc(C(F)(F)F)cc2s1. The molecule has 1 aliphatic heterocycles. The van der Waals surface area contributed by atoms with Gasteiger partial charge in [-0.1, -0.05) is 11.3 Å². The van der Waals surface area contributed by atoms with Crippen molar-refractivity contribution in [3.63, 3.8) is 0 Å². The van der Waals surface area contributed by atoms with E-state index in [-0.39, 0.29) is 6.04 Å². The summed E-state index contributed by atoms with van der Waals surface area (Å²) in [6.07, 6.45) is -4.78. The van der Waals surface area contributed by atoms with Crippen LogP contribution in [-0.4, -0.2) is 61.0 Å². The number of nitrogens with zero attached hydrogens (tertiary/aromatic N) is 3. The summed E-state index contributed by atoms with van der Waals surface area (Å²) in [7, 11) is 1.57. The first-order chi connectivity index (χ1) is 13.5. The summed E-state index contributed by atoms with van der Waals surface area (Å²) in [6, 6.07) is 3.38. The lowest BCUT2D eigenvalue weighted by Gasteiger charge is -2.41. The Hall–Kier alpha value is -2.07. The standard InChI is InChI=1S/C19H24F3N3O3S/c1-18(2,3)28-17(26)24-7-8-25(13(10-24)11-27-4)16-23-14-6-5-12(19(20,21)22)9-15(14)29-16/h5-6,9,13H,7-8,10-11H2,1-4H3. The summed E-state index contributed by atoms with van der Waals surface area (Å²) in [5.74, 6) is 0. The molecule has 1 fully saturated rings. The molecule has 1 atom stereocenters. The molecule has 1 amide bonds. The Morgan fingerprint density at radius 1 is 1.28 bits per heavy atom. The highest BCUT2D eigenvalue weighted by Crippen LogP contribution is 2.36. The summed E-state index contributed by atoms with van der Waals surface area (Å²) in [5, 5.41) is 0.616. The average molecular weight is 431 g/mol. The molecule has 1 unspecified atom stereocenters. The van der Waals surface area contributed by atoms with Crippen LogP contribution in [0.4, 0.5) is 23.1 Å². The van der Waals surface area contributed by atoms with E-state index in [9.17, 15) is 18.0 Å². The molecule has 0 spiro atoms. The zero-order chi connectivity index (χ0) is 21.4. The fraction of sp³-hybridized carbons (Fsp3) is 0.579. The number of thiazole rings is 1. The summed E-state index contributed by atoms with van der Waals surface area (Å²) in [4.78, 5) is 20.5. The second-order valence-corrected chi connectivity index (χ2v) is 8.91. The van der Waals surface area contributed by atoms with Crippen molar-refractivity contribution in [3.05, 3.63) is 23.8 Å². The Morgan fingerprint density at radius 3 is 2.62 bits per heavy atom. The summed E-state index contributed by atoms with van der Waals surface area (Å²) in [6.45, 7) is 7.08. The van der Waals surface area contributed by atoms with Gasteiger partial charge in [0.2, 0.25) is 0 Å². The Balaban J connectivity index is 1.81. The number of piperazine rings is 1. The third-order valence-electron chi connectivity index (χ3n) is 4.44.